The van der Waals surface area contributed by atoms with Crippen molar-refractivity contribution in [1.29, 1.82) is 0 Å². The van der Waals surface area contributed by atoms with Crippen LogP contribution in [0.5, 0.6) is 0 Å². The molecule has 70 valence electrons. The van der Waals surface area contributed by atoms with Crippen LogP contribution in [-0.4, -0.2) is 18.1 Å². The van der Waals surface area contributed by atoms with Crippen molar-refractivity contribution in [1.82, 2.24) is 10.3 Å². The Bertz CT molecular complexity index is 325. The van der Waals surface area contributed by atoms with Crippen LogP contribution in [0.15, 0.2) is 24.4 Å². The third-order valence-corrected chi connectivity index (χ3v) is 1.87. The van der Waals surface area contributed by atoms with Crippen molar-refractivity contribution >= 4 is 18.0 Å². The molecule has 0 aliphatic carbocycles. The summed E-state index contributed by atoms with van der Waals surface area (Å²) in [7, 11) is 0. The molecule has 13 heavy (non-hydrogen) atoms. The molecule has 0 unspecified atom stereocenters. The van der Waals surface area contributed by atoms with E-state index < -0.39 is 0 Å². The summed E-state index contributed by atoms with van der Waals surface area (Å²) in [5.41, 5.74) is 1.43. The van der Waals surface area contributed by atoms with Crippen LogP contribution in [0.3, 0.4) is 0 Å². The maximum Gasteiger partial charge on any atom is 0.149 e. The van der Waals surface area contributed by atoms with E-state index in [1.165, 1.54) is 6.07 Å². The summed E-state index contributed by atoms with van der Waals surface area (Å²) >= 11 is 0. The molecule has 0 spiro atoms. The molecule has 0 bridgehead atoms. The first kappa shape index (κ1) is 10.2. The monoisotopic (exact) mass is 200 g/mol. The van der Waals surface area contributed by atoms with Gasteiger partial charge in [-0.1, -0.05) is 6.08 Å². The minimum Gasteiger partial charge on any atom is -0.309 e. The topological polar surface area (TPSA) is 24.9 Å². The summed E-state index contributed by atoms with van der Waals surface area (Å²) in [4.78, 5) is 3.98. The minimum absolute atomic E-state index is 0. The van der Waals surface area contributed by atoms with E-state index in [2.05, 4.69) is 10.3 Å². The maximum absolute atomic E-state index is 13.1. The van der Waals surface area contributed by atoms with Gasteiger partial charge in [0, 0.05) is 19.3 Å². The summed E-state index contributed by atoms with van der Waals surface area (Å²) in [6.45, 7) is 1.53. The van der Waals surface area contributed by atoms with Gasteiger partial charge in [-0.2, -0.15) is 0 Å². The number of aromatic nitrogens is 1. The molecule has 1 N–H and O–H groups in total. The number of hydrogen-bond acceptors (Lipinski definition) is 2. The summed E-state index contributed by atoms with van der Waals surface area (Å²) in [6, 6.07) is 3.03. The molecule has 1 aliphatic heterocycles. The van der Waals surface area contributed by atoms with Gasteiger partial charge < -0.3 is 5.32 Å². The summed E-state index contributed by atoms with van der Waals surface area (Å²) in [6.07, 6.45) is 3.57. The largest absolute Gasteiger partial charge is 0.309 e. The molecule has 0 amide bonds. The van der Waals surface area contributed by atoms with Crippen molar-refractivity contribution in [3.05, 3.63) is 35.9 Å². The second-order valence-electron chi connectivity index (χ2n) is 2.69. The van der Waals surface area contributed by atoms with Crippen LogP contribution in [0.2, 0.25) is 0 Å². The number of halogens is 2. The number of nitrogens with one attached hydrogen (secondary N) is 1. The lowest BCUT2D eigenvalue weighted by atomic mass is 10.2. The van der Waals surface area contributed by atoms with E-state index in [0.717, 1.165) is 12.1 Å². The first-order valence-electron chi connectivity index (χ1n) is 3.88. The predicted molar refractivity (Wildman–Crippen MR) is 52.3 cm³/mol. The molecular weight excluding hydrogens is 191 g/mol. The van der Waals surface area contributed by atoms with Gasteiger partial charge in [0.05, 0.1) is 0 Å². The molecule has 1 aromatic rings. The number of hydrogen-bond donors (Lipinski definition) is 1. The van der Waals surface area contributed by atoms with Crippen LogP contribution >= 0.6 is 12.4 Å². The second kappa shape index (κ2) is 4.35. The van der Waals surface area contributed by atoms with E-state index >= 15 is 0 Å². The van der Waals surface area contributed by atoms with E-state index in [4.69, 9.17) is 0 Å². The van der Waals surface area contributed by atoms with Crippen LogP contribution in [0.4, 0.5) is 4.39 Å². The Morgan fingerprint density at radius 2 is 2.31 bits per heavy atom. The molecule has 2 rings (SSSR count). The molecule has 2 nitrogen and oxygen atoms in total. The van der Waals surface area contributed by atoms with Gasteiger partial charge in [-0.05, 0) is 17.7 Å². The Morgan fingerprint density at radius 3 is 2.92 bits per heavy atom. The van der Waals surface area contributed by atoms with E-state index in [-0.39, 0.29) is 18.2 Å². The second-order valence-corrected chi connectivity index (χ2v) is 2.69. The normalized spacial score (nSPS) is 15.0. The summed E-state index contributed by atoms with van der Waals surface area (Å²) in [5.74, 6) is -0.243. The van der Waals surface area contributed by atoms with E-state index in [0.29, 0.717) is 12.2 Å². The molecule has 1 aliphatic rings. The molecule has 1 aromatic heterocycles. The zero-order chi connectivity index (χ0) is 8.39. The lowest BCUT2D eigenvalue weighted by molar-refractivity contribution is 0.616. The Kier molecular flexibility index (Phi) is 3.39. The standard InChI is InChI=1S/C9H9FN2.ClH/c10-8-2-1-4-12-9(8)7-3-5-11-6-7;/h1-4,11H,5-6H2;1H. The van der Waals surface area contributed by atoms with Crippen LogP contribution in [0.1, 0.15) is 5.69 Å². The smallest absolute Gasteiger partial charge is 0.149 e. The van der Waals surface area contributed by atoms with E-state index in [9.17, 15) is 4.39 Å². The average molecular weight is 201 g/mol. The molecule has 2 heterocycles. The van der Waals surface area contributed by atoms with Crippen molar-refractivity contribution < 1.29 is 4.39 Å². The van der Waals surface area contributed by atoms with Crippen molar-refractivity contribution in [2.45, 2.75) is 0 Å². The van der Waals surface area contributed by atoms with Crippen molar-refractivity contribution in [3.8, 4) is 0 Å². The lowest BCUT2D eigenvalue weighted by Gasteiger charge is -2.00. The van der Waals surface area contributed by atoms with Gasteiger partial charge in [-0.15, -0.1) is 12.4 Å². The highest BCUT2D eigenvalue weighted by Gasteiger charge is 2.11. The molecule has 4 heteroatoms. The average Bonchev–Trinajstić information content (AvgIpc) is 2.57. The van der Waals surface area contributed by atoms with E-state index in [1.807, 2.05) is 6.08 Å². The maximum atomic E-state index is 13.1. The van der Waals surface area contributed by atoms with Crippen LogP contribution < -0.4 is 5.32 Å². The van der Waals surface area contributed by atoms with Gasteiger partial charge in [-0.25, -0.2) is 4.39 Å². The van der Waals surface area contributed by atoms with E-state index in [1.54, 1.807) is 12.3 Å². The first-order valence-corrected chi connectivity index (χ1v) is 3.88. The minimum atomic E-state index is -0.243. The molecule has 0 saturated carbocycles. The zero-order valence-corrected chi connectivity index (χ0v) is 7.77. The lowest BCUT2D eigenvalue weighted by Crippen LogP contribution is -2.08. The zero-order valence-electron chi connectivity index (χ0n) is 6.96. The Hall–Kier alpha value is -0.930. The van der Waals surface area contributed by atoms with Crippen molar-refractivity contribution in [2.24, 2.45) is 0 Å². The van der Waals surface area contributed by atoms with Crippen LogP contribution in [0, 0.1) is 5.82 Å². The van der Waals surface area contributed by atoms with Crippen LogP contribution in [0.25, 0.3) is 5.57 Å². The van der Waals surface area contributed by atoms with Crippen molar-refractivity contribution in [2.75, 3.05) is 13.1 Å². The molecule has 0 radical (unpaired) electrons. The fraction of sp³-hybridized carbons (Fsp3) is 0.222. The van der Waals surface area contributed by atoms with Gasteiger partial charge in [0.15, 0.2) is 0 Å². The van der Waals surface area contributed by atoms with Gasteiger partial charge >= 0.3 is 0 Å². The SMILES string of the molecule is Cl.Fc1cccnc1C1=CCNC1. The molecular formula is C9H10ClFN2. The number of pyridine rings is 1. The van der Waals surface area contributed by atoms with Crippen LogP contribution in [-0.2, 0) is 0 Å². The fourth-order valence-electron chi connectivity index (χ4n) is 1.28. The molecule has 0 atom stereocenters. The van der Waals surface area contributed by atoms with Gasteiger partial charge in [-0.3, -0.25) is 4.98 Å². The summed E-state index contributed by atoms with van der Waals surface area (Å²) < 4.78 is 13.1. The molecule has 0 aromatic carbocycles. The highest BCUT2D eigenvalue weighted by atomic mass is 35.5. The Morgan fingerprint density at radius 1 is 1.46 bits per heavy atom. The van der Waals surface area contributed by atoms with Crippen molar-refractivity contribution in [3.63, 3.8) is 0 Å². The third-order valence-electron chi connectivity index (χ3n) is 1.87. The third kappa shape index (κ3) is 2.05. The fourth-order valence-corrected chi connectivity index (χ4v) is 1.28. The van der Waals surface area contributed by atoms with Gasteiger partial charge in [0.2, 0.25) is 0 Å². The van der Waals surface area contributed by atoms with Gasteiger partial charge in [0.25, 0.3) is 0 Å². The Balaban J connectivity index is 0.000000845. The first-order chi connectivity index (χ1) is 5.88. The molecule has 0 saturated heterocycles. The Labute approximate surface area is 82.3 Å². The number of nitrogens with zero attached hydrogens (tertiary/aromatic N) is 1. The summed E-state index contributed by atoms with van der Waals surface area (Å²) in [5, 5.41) is 3.10. The number of rotatable bonds is 1. The quantitative estimate of drug-likeness (QED) is 0.746. The van der Waals surface area contributed by atoms with Gasteiger partial charge in [0.1, 0.15) is 11.5 Å². The predicted octanol–water partition coefficient (Wildman–Crippen LogP) is 1.63. The molecule has 0 fully saturated rings. The highest BCUT2D eigenvalue weighted by Crippen LogP contribution is 2.16. The highest BCUT2D eigenvalue weighted by molar-refractivity contribution is 5.85.